The molecule has 0 bridgehead atoms. The molecule has 2 aromatic rings. The number of nitrogens with one attached hydrogen (secondary N) is 2. The second kappa shape index (κ2) is 7.33. The first-order valence-corrected chi connectivity index (χ1v) is 8.48. The lowest BCUT2D eigenvalue weighted by molar-refractivity contribution is 0.589. The zero-order valence-electron chi connectivity index (χ0n) is 14.0. The highest BCUT2D eigenvalue weighted by molar-refractivity contribution is 7.80. The number of benzene rings is 2. The highest BCUT2D eigenvalue weighted by atomic mass is 35.5. The number of anilines is 1. The maximum absolute atomic E-state index is 5.88. The highest BCUT2D eigenvalue weighted by Crippen LogP contribution is 2.24. The average molecular weight is 347 g/mol. The zero-order valence-corrected chi connectivity index (χ0v) is 15.6. The molecule has 23 heavy (non-hydrogen) atoms. The van der Waals surface area contributed by atoms with Crippen molar-refractivity contribution < 1.29 is 0 Å². The first kappa shape index (κ1) is 17.8. The standard InChI is InChI=1S/C19H23ClN2S/c1-13(14-5-7-15(8-6-14)19(2,3)4)21-18(23)22-17-11-9-16(20)10-12-17/h5-13H,1-4H3,(H2,21,22,23). The molecule has 2 rings (SSSR count). The van der Waals surface area contributed by atoms with Crippen molar-refractivity contribution in [2.24, 2.45) is 0 Å². The lowest BCUT2D eigenvalue weighted by Crippen LogP contribution is -2.30. The molecule has 2 aromatic carbocycles. The molecule has 0 aliphatic heterocycles. The monoisotopic (exact) mass is 346 g/mol. The van der Waals surface area contributed by atoms with Crippen molar-refractivity contribution in [2.45, 2.75) is 39.2 Å². The smallest absolute Gasteiger partial charge is 0.171 e. The predicted molar refractivity (Wildman–Crippen MR) is 104 cm³/mol. The van der Waals surface area contributed by atoms with Crippen LogP contribution in [0.25, 0.3) is 0 Å². The van der Waals surface area contributed by atoms with Gasteiger partial charge in [0.15, 0.2) is 5.11 Å². The number of hydrogen-bond acceptors (Lipinski definition) is 1. The van der Waals surface area contributed by atoms with Crippen molar-refractivity contribution >= 4 is 34.6 Å². The van der Waals surface area contributed by atoms with Gasteiger partial charge in [0.2, 0.25) is 0 Å². The van der Waals surface area contributed by atoms with Crippen LogP contribution in [0, 0.1) is 0 Å². The molecule has 0 amide bonds. The molecule has 0 spiro atoms. The molecule has 2 nitrogen and oxygen atoms in total. The van der Waals surface area contributed by atoms with Crippen molar-refractivity contribution in [1.82, 2.24) is 5.32 Å². The van der Waals surface area contributed by atoms with E-state index in [0.717, 1.165) is 5.69 Å². The lowest BCUT2D eigenvalue weighted by Gasteiger charge is -2.21. The Labute approximate surface area is 149 Å². The van der Waals surface area contributed by atoms with Crippen LogP contribution in [-0.4, -0.2) is 5.11 Å². The lowest BCUT2D eigenvalue weighted by atomic mass is 9.86. The molecule has 0 heterocycles. The fourth-order valence-electron chi connectivity index (χ4n) is 2.25. The van der Waals surface area contributed by atoms with Crippen LogP contribution in [0.15, 0.2) is 48.5 Å². The molecule has 0 saturated heterocycles. The number of rotatable bonds is 3. The number of thiocarbonyl (C=S) groups is 1. The van der Waals surface area contributed by atoms with E-state index in [9.17, 15) is 0 Å². The largest absolute Gasteiger partial charge is 0.356 e. The van der Waals surface area contributed by atoms with Gasteiger partial charge in [-0.1, -0.05) is 56.6 Å². The summed E-state index contributed by atoms with van der Waals surface area (Å²) in [5, 5.41) is 7.78. The van der Waals surface area contributed by atoms with Crippen LogP contribution in [0.1, 0.15) is 44.9 Å². The Morgan fingerprint density at radius 1 is 1.00 bits per heavy atom. The van der Waals surface area contributed by atoms with Gasteiger partial charge in [-0.25, -0.2) is 0 Å². The molecule has 0 radical (unpaired) electrons. The third-order valence-electron chi connectivity index (χ3n) is 3.73. The van der Waals surface area contributed by atoms with E-state index in [1.54, 1.807) is 0 Å². The van der Waals surface area contributed by atoms with Gasteiger partial charge in [0, 0.05) is 10.7 Å². The van der Waals surface area contributed by atoms with Crippen LogP contribution in [0.5, 0.6) is 0 Å². The third-order valence-corrected chi connectivity index (χ3v) is 4.20. The first-order chi connectivity index (χ1) is 10.8. The third kappa shape index (κ3) is 5.22. The summed E-state index contributed by atoms with van der Waals surface area (Å²) in [6, 6.07) is 16.3. The van der Waals surface area contributed by atoms with Crippen molar-refractivity contribution in [1.29, 1.82) is 0 Å². The minimum absolute atomic E-state index is 0.135. The molecule has 2 N–H and O–H groups in total. The van der Waals surface area contributed by atoms with E-state index in [1.807, 2.05) is 24.3 Å². The van der Waals surface area contributed by atoms with Gasteiger partial charge in [-0.05, 0) is 59.9 Å². The van der Waals surface area contributed by atoms with Crippen molar-refractivity contribution in [2.75, 3.05) is 5.32 Å². The fourth-order valence-corrected chi connectivity index (χ4v) is 2.67. The van der Waals surface area contributed by atoms with Gasteiger partial charge in [-0.15, -0.1) is 0 Å². The zero-order chi connectivity index (χ0) is 17.0. The maximum Gasteiger partial charge on any atom is 0.171 e. The summed E-state index contributed by atoms with van der Waals surface area (Å²) in [6.45, 7) is 8.75. The van der Waals surface area contributed by atoms with Crippen molar-refractivity contribution in [3.05, 3.63) is 64.7 Å². The van der Waals surface area contributed by atoms with Crippen LogP contribution in [0.4, 0.5) is 5.69 Å². The van der Waals surface area contributed by atoms with E-state index in [4.69, 9.17) is 23.8 Å². The summed E-state index contributed by atoms with van der Waals surface area (Å²) in [7, 11) is 0. The highest BCUT2D eigenvalue weighted by Gasteiger charge is 2.14. The average Bonchev–Trinajstić information content (AvgIpc) is 2.49. The van der Waals surface area contributed by atoms with Gasteiger partial charge in [-0.2, -0.15) is 0 Å². The van der Waals surface area contributed by atoms with Crippen LogP contribution in [0.2, 0.25) is 5.02 Å². The first-order valence-electron chi connectivity index (χ1n) is 7.69. The van der Waals surface area contributed by atoms with E-state index in [2.05, 4.69) is 62.6 Å². The van der Waals surface area contributed by atoms with Crippen molar-refractivity contribution in [3.63, 3.8) is 0 Å². The van der Waals surface area contributed by atoms with Gasteiger partial charge >= 0.3 is 0 Å². The molecule has 0 aliphatic carbocycles. The predicted octanol–water partition coefficient (Wildman–Crippen LogP) is 5.69. The SMILES string of the molecule is CC(NC(=S)Nc1ccc(Cl)cc1)c1ccc(C(C)(C)C)cc1. The summed E-state index contributed by atoms with van der Waals surface area (Å²) < 4.78 is 0. The fraction of sp³-hybridized carbons (Fsp3) is 0.316. The Morgan fingerprint density at radius 2 is 1.57 bits per heavy atom. The van der Waals surface area contributed by atoms with Gasteiger partial charge in [-0.3, -0.25) is 0 Å². The number of halogens is 1. The second-order valence-corrected chi connectivity index (χ2v) is 7.54. The van der Waals surface area contributed by atoms with E-state index >= 15 is 0 Å². The Kier molecular flexibility index (Phi) is 5.66. The molecule has 0 fully saturated rings. The summed E-state index contributed by atoms with van der Waals surface area (Å²) in [4.78, 5) is 0. The molecule has 1 atom stereocenters. The number of hydrogen-bond donors (Lipinski definition) is 2. The summed E-state index contributed by atoms with van der Waals surface area (Å²) in [5.74, 6) is 0. The molecule has 0 saturated carbocycles. The molecule has 0 aliphatic rings. The van der Waals surface area contributed by atoms with Crippen LogP contribution < -0.4 is 10.6 Å². The molecule has 122 valence electrons. The van der Waals surface area contributed by atoms with Crippen LogP contribution in [-0.2, 0) is 5.41 Å². The summed E-state index contributed by atoms with van der Waals surface area (Å²) in [5.41, 5.74) is 3.62. The quantitative estimate of drug-likeness (QED) is 0.698. The van der Waals surface area contributed by atoms with Gasteiger partial charge in [0.05, 0.1) is 6.04 Å². The van der Waals surface area contributed by atoms with Crippen LogP contribution in [0.3, 0.4) is 0 Å². The second-order valence-electron chi connectivity index (χ2n) is 6.70. The van der Waals surface area contributed by atoms with E-state index in [-0.39, 0.29) is 11.5 Å². The normalized spacial score (nSPS) is 12.6. The molecule has 1 unspecified atom stereocenters. The Morgan fingerprint density at radius 3 is 2.09 bits per heavy atom. The molecular formula is C19H23ClN2S. The molecular weight excluding hydrogens is 324 g/mol. The topological polar surface area (TPSA) is 24.1 Å². The van der Waals surface area contributed by atoms with Gasteiger partial charge < -0.3 is 10.6 Å². The summed E-state index contributed by atoms with van der Waals surface area (Å²) in [6.07, 6.45) is 0. The van der Waals surface area contributed by atoms with E-state index < -0.39 is 0 Å². The van der Waals surface area contributed by atoms with E-state index in [1.165, 1.54) is 11.1 Å². The molecule has 4 heteroatoms. The Bertz CT molecular complexity index is 657. The van der Waals surface area contributed by atoms with Crippen molar-refractivity contribution in [3.8, 4) is 0 Å². The summed E-state index contributed by atoms with van der Waals surface area (Å²) >= 11 is 11.3. The Hall–Kier alpha value is -1.58. The van der Waals surface area contributed by atoms with Crippen LogP contribution >= 0.6 is 23.8 Å². The van der Waals surface area contributed by atoms with E-state index in [0.29, 0.717) is 10.1 Å². The minimum atomic E-state index is 0.135. The molecule has 0 aromatic heterocycles. The van der Waals surface area contributed by atoms with Gasteiger partial charge in [0.25, 0.3) is 0 Å². The Balaban J connectivity index is 1.96. The van der Waals surface area contributed by atoms with Gasteiger partial charge in [0.1, 0.15) is 0 Å². The maximum atomic E-state index is 5.88. The minimum Gasteiger partial charge on any atom is -0.356 e.